The van der Waals surface area contributed by atoms with Crippen molar-refractivity contribution in [3.05, 3.63) is 89.7 Å². The van der Waals surface area contributed by atoms with E-state index in [-0.39, 0.29) is 0 Å². The van der Waals surface area contributed by atoms with Crippen LogP contribution in [0.25, 0.3) is 5.76 Å². The molecule has 0 aliphatic heterocycles. The first kappa shape index (κ1) is 22.4. The number of benzene rings is 2. The lowest BCUT2D eigenvalue weighted by molar-refractivity contribution is 0.0999. The Hall–Kier alpha value is -3.93. The molecule has 6 nitrogen and oxygen atoms in total. The number of amides is 1. The second-order valence-electron chi connectivity index (χ2n) is 6.41. The van der Waals surface area contributed by atoms with Crippen LogP contribution < -0.4 is 15.2 Å². The first-order chi connectivity index (χ1) is 14.3. The van der Waals surface area contributed by atoms with Gasteiger partial charge in [0, 0.05) is 29.0 Å². The Bertz CT molecular complexity index is 1070. The number of rotatable bonds is 8. The van der Waals surface area contributed by atoms with Crippen molar-refractivity contribution in [2.75, 3.05) is 7.11 Å². The van der Waals surface area contributed by atoms with Crippen molar-refractivity contribution in [2.45, 2.75) is 13.8 Å². The van der Waals surface area contributed by atoms with Gasteiger partial charge in [-0.25, -0.2) is 9.98 Å². The number of amidine groups is 1. The van der Waals surface area contributed by atoms with Gasteiger partial charge in [0.25, 0.3) is 0 Å². The third kappa shape index (κ3) is 5.11. The number of aliphatic imine (C=N–C) groups is 2. The number of aryl methyl sites for hydroxylation is 2. The maximum Gasteiger partial charge on any atom is 0.248 e. The molecule has 6 heteroatoms. The highest BCUT2D eigenvalue weighted by Gasteiger charge is 2.15. The van der Waals surface area contributed by atoms with E-state index >= 15 is 0 Å². The molecule has 0 fully saturated rings. The Balaban J connectivity index is 2.59. The van der Waals surface area contributed by atoms with Crippen LogP contribution in [0.5, 0.6) is 11.5 Å². The molecule has 0 bridgehead atoms. The Morgan fingerprint density at radius 1 is 1.03 bits per heavy atom. The maximum atomic E-state index is 11.8. The molecule has 0 heterocycles. The minimum Gasteiger partial charge on any atom is -0.497 e. The number of hydrogen-bond acceptors (Lipinski definition) is 4. The summed E-state index contributed by atoms with van der Waals surface area (Å²) in [5.74, 6) is 1.42. The van der Waals surface area contributed by atoms with E-state index in [2.05, 4.69) is 29.9 Å². The lowest BCUT2D eigenvalue weighted by Crippen LogP contribution is -2.14. The highest BCUT2D eigenvalue weighted by molar-refractivity contribution is 6.02. The van der Waals surface area contributed by atoms with Crippen LogP contribution >= 0.6 is 0 Å². The number of nitrogens with zero attached hydrogens (tertiary/aromatic N) is 2. The van der Waals surface area contributed by atoms with Crippen LogP contribution in [0.1, 0.15) is 32.6 Å². The van der Waals surface area contributed by atoms with E-state index in [1.807, 2.05) is 19.9 Å². The molecule has 0 aliphatic rings. The van der Waals surface area contributed by atoms with Crippen molar-refractivity contribution in [3.8, 4) is 11.5 Å². The summed E-state index contributed by atoms with van der Waals surface area (Å²) < 4.78 is 11.5. The Labute approximate surface area is 176 Å². The normalized spacial score (nSPS) is 11.6. The molecule has 2 aromatic rings. The summed E-state index contributed by atoms with van der Waals surface area (Å²) in [6.07, 6.45) is 4.70. The first-order valence-electron chi connectivity index (χ1n) is 9.11. The zero-order chi connectivity index (χ0) is 22.3. The third-order valence-corrected chi connectivity index (χ3v) is 4.34. The summed E-state index contributed by atoms with van der Waals surface area (Å²) in [6.45, 7) is 14.7. The van der Waals surface area contributed by atoms with Gasteiger partial charge in [0.15, 0.2) is 5.84 Å². The van der Waals surface area contributed by atoms with E-state index in [9.17, 15) is 4.79 Å². The van der Waals surface area contributed by atoms with Crippen LogP contribution in [-0.2, 0) is 0 Å². The highest BCUT2D eigenvalue weighted by Crippen LogP contribution is 2.30. The summed E-state index contributed by atoms with van der Waals surface area (Å²) in [5.41, 5.74) is 9.05. The fourth-order valence-corrected chi connectivity index (χ4v) is 2.97. The molecule has 0 saturated carbocycles. The molecule has 0 atom stereocenters. The fraction of sp³-hybridized carbons (Fsp3) is 0.125. The smallest absolute Gasteiger partial charge is 0.248 e. The van der Waals surface area contributed by atoms with E-state index in [4.69, 9.17) is 15.2 Å². The van der Waals surface area contributed by atoms with Crippen molar-refractivity contribution in [1.82, 2.24) is 0 Å². The minimum atomic E-state index is -0.502. The quantitative estimate of drug-likeness (QED) is 0.302. The minimum absolute atomic E-state index is 0.380. The maximum absolute atomic E-state index is 11.8. The number of hydrogen-bond donors (Lipinski definition) is 1. The zero-order valence-corrected chi connectivity index (χ0v) is 17.4. The van der Waals surface area contributed by atoms with Crippen LogP contribution in [0.4, 0.5) is 0 Å². The predicted octanol–water partition coefficient (Wildman–Crippen LogP) is 4.61. The van der Waals surface area contributed by atoms with Gasteiger partial charge in [-0.05, 0) is 56.0 Å². The first-order valence-corrected chi connectivity index (χ1v) is 9.11. The number of carbonyl (C=O) groups is 1. The van der Waals surface area contributed by atoms with Crippen LogP contribution in [0.3, 0.4) is 0 Å². The van der Waals surface area contributed by atoms with Crippen LogP contribution in [-0.4, -0.2) is 25.6 Å². The molecule has 2 aromatic carbocycles. The van der Waals surface area contributed by atoms with Gasteiger partial charge in [0.05, 0.1) is 7.11 Å². The molecule has 0 unspecified atom stereocenters. The van der Waals surface area contributed by atoms with Crippen molar-refractivity contribution in [2.24, 2.45) is 15.7 Å². The van der Waals surface area contributed by atoms with Gasteiger partial charge in [-0.2, -0.15) is 0 Å². The molecular weight excluding hydrogens is 378 g/mol. The lowest BCUT2D eigenvalue weighted by atomic mass is 9.98. The Morgan fingerprint density at radius 3 is 2.27 bits per heavy atom. The van der Waals surface area contributed by atoms with Crippen LogP contribution in [0, 0.1) is 13.8 Å². The summed E-state index contributed by atoms with van der Waals surface area (Å²) in [5, 5.41) is 0. The van der Waals surface area contributed by atoms with Gasteiger partial charge in [-0.15, -0.1) is 0 Å². The summed E-state index contributed by atoms with van der Waals surface area (Å²) in [6, 6.07) is 8.87. The number of allylic oxidation sites excluding steroid dienone is 2. The molecule has 1 amide bonds. The second kappa shape index (κ2) is 10.0. The third-order valence-electron chi connectivity index (χ3n) is 4.34. The van der Waals surface area contributed by atoms with Crippen LogP contribution in [0.2, 0.25) is 0 Å². The zero-order valence-electron chi connectivity index (χ0n) is 17.4. The average molecular weight is 403 g/mol. The van der Waals surface area contributed by atoms with E-state index in [1.54, 1.807) is 43.5 Å². The lowest BCUT2D eigenvalue weighted by Gasteiger charge is -2.16. The van der Waals surface area contributed by atoms with E-state index < -0.39 is 5.91 Å². The molecular formula is C24H25N3O3. The fourth-order valence-electron chi connectivity index (χ4n) is 2.97. The molecule has 0 aliphatic carbocycles. The van der Waals surface area contributed by atoms with Gasteiger partial charge in [-0.1, -0.05) is 25.3 Å². The summed E-state index contributed by atoms with van der Waals surface area (Å²) in [7, 11) is 1.55. The highest BCUT2D eigenvalue weighted by atomic mass is 16.5. The number of primary amides is 1. The molecule has 30 heavy (non-hydrogen) atoms. The Morgan fingerprint density at radius 2 is 1.70 bits per heavy atom. The molecule has 154 valence electrons. The number of methoxy groups -OCH3 is 1. The number of nitrogens with two attached hydrogens (primary N) is 1. The van der Waals surface area contributed by atoms with E-state index in [0.717, 1.165) is 16.7 Å². The van der Waals surface area contributed by atoms with Crippen LogP contribution in [0.15, 0.2) is 71.8 Å². The van der Waals surface area contributed by atoms with Crippen molar-refractivity contribution >= 4 is 24.2 Å². The summed E-state index contributed by atoms with van der Waals surface area (Å²) >= 11 is 0. The van der Waals surface area contributed by atoms with Gasteiger partial charge >= 0.3 is 0 Å². The van der Waals surface area contributed by atoms with E-state index in [1.165, 1.54) is 6.20 Å². The van der Waals surface area contributed by atoms with E-state index in [0.29, 0.717) is 34.2 Å². The van der Waals surface area contributed by atoms with Gasteiger partial charge < -0.3 is 15.2 Å². The topological polar surface area (TPSA) is 86.3 Å². The second-order valence-corrected chi connectivity index (χ2v) is 6.41. The molecule has 2 N–H and O–H groups in total. The standard InChI is InChI=1S/C24H25N3O3/c1-7-9-22(20-14-21(23(25)28)16(4)10-15(20)3)30-19-12-17(11-18(13-19)29-6)24(26-5)27-8-2/h7-14H,1-2,5H2,3-4,6H3,(H2,25,28)/b22-9+,27-24?. The molecule has 0 aromatic heterocycles. The molecule has 0 saturated heterocycles. The molecule has 0 radical (unpaired) electrons. The Kier molecular flexibility index (Phi) is 7.47. The molecule has 0 spiro atoms. The molecule has 2 rings (SSSR count). The number of carbonyl (C=O) groups excluding carboxylic acids is 1. The van der Waals surface area contributed by atoms with Gasteiger partial charge in [0.1, 0.15) is 17.3 Å². The number of ether oxygens (including phenoxy) is 2. The van der Waals surface area contributed by atoms with Gasteiger partial charge in [-0.3, -0.25) is 4.79 Å². The average Bonchev–Trinajstić information content (AvgIpc) is 2.71. The van der Waals surface area contributed by atoms with Crippen molar-refractivity contribution in [1.29, 1.82) is 0 Å². The SMILES string of the molecule is C=C/C=C(/Oc1cc(OC)cc(C(N=C)=NC=C)c1)c1cc(C(N)=O)c(C)cc1C. The van der Waals surface area contributed by atoms with Crippen molar-refractivity contribution in [3.63, 3.8) is 0 Å². The summed E-state index contributed by atoms with van der Waals surface area (Å²) in [4.78, 5) is 19.9. The monoisotopic (exact) mass is 403 g/mol. The van der Waals surface area contributed by atoms with Gasteiger partial charge in [0.2, 0.25) is 5.91 Å². The largest absolute Gasteiger partial charge is 0.497 e. The predicted molar refractivity (Wildman–Crippen MR) is 123 cm³/mol. The van der Waals surface area contributed by atoms with Crippen molar-refractivity contribution < 1.29 is 14.3 Å².